The average molecular weight is 220 g/mol. The molecule has 5 heteroatoms. The third-order valence-electron chi connectivity index (χ3n) is 2.51. The summed E-state index contributed by atoms with van der Waals surface area (Å²) in [6, 6.07) is 3.91. The second-order valence-corrected chi connectivity index (χ2v) is 4.03. The van der Waals surface area contributed by atoms with E-state index in [1.54, 1.807) is 6.20 Å². The lowest BCUT2D eigenvalue weighted by Crippen LogP contribution is -2.18. The van der Waals surface area contributed by atoms with Gasteiger partial charge in [-0.15, -0.1) is 0 Å². The number of aromatic nitrogens is 3. The highest BCUT2D eigenvalue weighted by Gasteiger charge is 2.19. The molecule has 0 fully saturated rings. The van der Waals surface area contributed by atoms with Crippen molar-refractivity contribution in [1.82, 2.24) is 14.5 Å². The molecule has 0 saturated heterocycles. The lowest BCUT2D eigenvalue weighted by molar-refractivity contribution is 0.170. The fraction of sp³-hybridized carbons (Fsp3) is 0.455. The number of imidazole rings is 1. The summed E-state index contributed by atoms with van der Waals surface area (Å²) in [4.78, 5) is 8.66. The van der Waals surface area contributed by atoms with Crippen molar-refractivity contribution in [1.29, 1.82) is 0 Å². The Kier molecular flexibility index (Phi) is 2.89. The maximum Gasteiger partial charge on any atom is 0.160 e. The monoisotopic (exact) mass is 220 g/mol. The Morgan fingerprint density at radius 1 is 1.50 bits per heavy atom. The van der Waals surface area contributed by atoms with Gasteiger partial charge >= 0.3 is 0 Å². The van der Waals surface area contributed by atoms with Crippen LogP contribution in [0, 0.1) is 0 Å². The first kappa shape index (κ1) is 11.0. The van der Waals surface area contributed by atoms with Crippen LogP contribution >= 0.6 is 0 Å². The van der Waals surface area contributed by atoms with Crippen LogP contribution in [0.3, 0.4) is 0 Å². The van der Waals surface area contributed by atoms with E-state index in [4.69, 9.17) is 5.73 Å². The van der Waals surface area contributed by atoms with Crippen LogP contribution in [-0.4, -0.2) is 26.2 Å². The molecule has 0 aromatic carbocycles. The van der Waals surface area contributed by atoms with Crippen molar-refractivity contribution in [3.63, 3.8) is 0 Å². The number of hydrogen-bond acceptors (Lipinski definition) is 4. The van der Waals surface area contributed by atoms with Gasteiger partial charge in [-0.1, -0.05) is 0 Å². The Bertz CT molecular complexity index is 492. The molecule has 3 N–H and O–H groups in total. The molecule has 0 aliphatic carbocycles. The highest BCUT2D eigenvalue weighted by Crippen LogP contribution is 2.22. The maximum absolute atomic E-state index is 9.82. The summed E-state index contributed by atoms with van der Waals surface area (Å²) >= 11 is 0. The summed E-state index contributed by atoms with van der Waals surface area (Å²) in [6.07, 6.45) is 0.984. The van der Waals surface area contributed by atoms with E-state index in [1.807, 2.05) is 30.5 Å². The molecular weight excluding hydrogens is 204 g/mol. The van der Waals surface area contributed by atoms with Crippen molar-refractivity contribution in [2.24, 2.45) is 5.73 Å². The van der Waals surface area contributed by atoms with Crippen molar-refractivity contribution in [2.75, 3.05) is 6.54 Å². The molecular formula is C11H16N4O. The smallest absolute Gasteiger partial charge is 0.160 e. The average Bonchev–Trinajstić information content (AvgIpc) is 2.67. The summed E-state index contributed by atoms with van der Waals surface area (Å²) in [5.41, 5.74) is 7.05. The van der Waals surface area contributed by atoms with Gasteiger partial charge in [0.05, 0.1) is 0 Å². The molecule has 0 radical (unpaired) electrons. The van der Waals surface area contributed by atoms with E-state index < -0.39 is 6.10 Å². The topological polar surface area (TPSA) is 77.0 Å². The van der Waals surface area contributed by atoms with Crippen molar-refractivity contribution in [3.8, 4) is 0 Å². The van der Waals surface area contributed by atoms with Gasteiger partial charge in [-0.25, -0.2) is 9.97 Å². The zero-order chi connectivity index (χ0) is 11.7. The molecule has 2 rings (SSSR count). The van der Waals surface area contributed by atoms with Crippen LogP contribution in [0.15, 0.2) is 18.3 Å². The number of pyridine rings is 1. The minimum absolute atomic E-state index is 0.163. The lowest BCUT2D eigenvalue weighted by Gasteiger charge is -2.14. The predicted molar refractivity (Wildman–Crippen MR) is 61.9 cm³/mol. The van der Waals surface area contributed by atoms with Gasteiger partial charge in [0.1, 0.15) is 17.4 Å². The molecule has 1 unspecified atom stereocenters. The normalized spacial score (nSPS) is 13.6. The highest BCUT2D eigenvalue weighted by molar-refractivity contribution is 5.71. The zero-order valence-electron chi connectivity index (χ0n) is 9.46. The van der Waals surface area contributed by atoms with E-state index in [-0.39, 0.29) is 12.6 Å². The quantitative estimate of drug-likeness (QED) is 0.809. The summed E-state index contributed by atoms with van der Waals surface area (Å²) in [6.45, 7) is 4.22. The second-order valence-electron chi connectivity index (χ2n) is 4.03. The number of hydrogen-bond donors (Lipinski definition) is 2. The molecule has 0 spiro atoms. The fourth-order valence-corrected chi connectivity index (χ4v) is 1.80. The second kappa shape index (κ2) is 4.19. The van der Waals surface area contributed by atoms with E-state index in [1.165, 1.54) is 0 Å². The van der Waals surface area contributed by atoms with Gasteiger partial charge in [0.25, 0.3) is 0 Å². The van der Waals surface area contributed by atoms with E-state index in [9.17, 15) is 5.11 Å². The number of aliphatic hydroxyl groups excluding tert-OH is 1. The first-order valence-electron chi connectivity index (χ1n) is 5.36. The van der Waals surface area contributed by atoms with Crippen LogP contribution in [0.5, 0.6) is 0 Å². The van der Waals surface area contributed by atoms with Gasteiger partial charge in [-0.2, -0.15) is 0 Å². The van der Waals surface area contributed by atoms with Crippen molar-refractivity contribution < 1.29 is 5.11 Å². The van der Waals surface area contributed by atoms with Gasteiger partial charge in [-0.3, -0.25) is 0 Å². The first-order chi connectivity index (χ1) is 7.65. The number of aliphatic hydroxyl groups is 1. The number of nitrogens with zero attached hydrogens (tertiary/aromatic N) is 3. The van der Waals surface area contributed by atoms with Crippen molar-refractivity contribution in [2.45, 2.75) is 26.0 Å². The molecule has 2 heterocycles. The van der Waals surface area contributed by atoms with Crippen LogP contribution in [0.25, 0.3) is 11.2 Å². The lowest BCUT2D eigenvalue weighted by atomic mass is 10.3. The number of fused-ring (bicyclic) bond motifs is 1. The third-order valence-corrected chi connectivity index (χ3v) is 2.51. The van der Waals surface area contributed by atoms with E-state index in [0.717, 1.165) is 11.2 Å². The van der Waals surface area contributed by atoms with Crippen molar-refractivity contribution in [3.05, 3.63) is 24.2 Å². The largest absolute Gasteiger partial charge is 0.384 e. The van der Waals surface area contributed by atoms with Gasteiger partial charge < -0.3 is 15.4 Å². The van der Waals surface area contributed by atoms with Crippen LogP contribution < -0.4 is 5.73 Å². The highest BCUT2D eigenvalue weighted by atomic mass is 16.3. The Morgan fingerprint density at radius 3 is 2.88 bits per heavy atom. The first-order valence-corrected chi connectivity index (χ1v) is 5.36. The molecule has 1 atom stereocenters. The Labute approximate surface area is 93.9 Å². The standard InChI is InChI=1S/C11H16N4O/c1-7(2)15-10-8(4-3-5-13-10)14-11(15)9(16)6-12/h3-5,7,9,16H,6,12H2,1-2H3. The molecule has 86 valence electrons. The maximum atomic E-state index is 9.82. The number of rotatable bonds is 3. The van der Waals surface area contributed by atoms with Crippen LogP contribution in [0.4, 0.5) is 0 Å². The molecule has 0 amide bonds. The van der Waals surface area contributed by atoms with E-state index in [2.05, 4.69) is 9.97 Å². The Hall–Kier alpha value is -1.46. The minimum Gasteiger partial charge on any atom is -0.384 e. The molecule has 0 saturated carbocycles. The van der Waals surface area contributed by atoms with Gasteiger partial charge in [0.15, 0.2) is 5.65 Å². The SMILES string of the molecule is CC(C)n1c(C(O)CN)nc2cccnc21. The van der Waals surface area contributed by atoms with Crippen LogP contribution in [0.1, 0.15) is 31.8 Å². The van der Waals surface area contributed by atoms with Crippen molar-refractivity contribution >= 4 is 11.2 Å². The van der Waals surface area contributed by atoms with Gasteiger partial charge in [0.2, 0.25) is 0 Å². The zero-order valence-corrected chi connectivity index (χ0v) is 9.46. The molecule has 0 aliphatic rings. The van der Waals surface area contributed by atoms with E-state index >= 15 is 0 Å². The molecule has 2 aromatic rings. The third kappa shape index (κ3) is 1.68. The molecule has 0 aliphatic heterocycles. The van der Waals surface area contributed by atoms with E-state index in [0.29, 0.717) is 5.82 Å². The summed E-state index contributed by atoms with van der Waals surface area (Å²) < 4.78 is 1.92. The predicted octanol–water partition coefficient (Wildman–Crippen LogP) is 1.00. The van der Waals surface area contributed by atoms with Crippen LogP contribution in [0.2, 0.25) is 0 Å². The number of nitrogens with two attached hydrogens (primary N) is 1. The Morgan fingerprint density at radius 2 is 2.25 bits per heavy atom. The summed E-state index contributed by atoms with van der Waals surface area (Å²) in [5.74, 6) is 0.589. The van der Waals surface area contributed by atoms with Gasteiger partial charge in [0, 0.05) is 18.8 Å². The van der Waals surface area contributed by atoms with Crippen LogP contribution in [-0.2, 0) is 0 Å². The Balaban J connectivity index is 2.68. The molecule has 5 nitrogen and oxygen atoms in total. The van der Waals surface area contributed by atoms with Gasteiger partial charge in [-0.05, 0) is 26.0 Å². The molecule has 16 heavy (non-hydrogen) atoms. The molecule has 0 bridgehead atoms. The fourth-order valence-electron chi connectivity index (χ4n) is 1.80. The summed E-state index contributed by atoms with van der Waals surface area (Å²) in [7, 11) is 0. The summed E-state index contributed by atoms with van der Waals surface area (Å²) in [5, 5.41) is 9.82. The minimum atomic E-state index is -0.739. The molecule has 2 aromatic heterocycles.